The van der Waals surface area contributed by atoms with Crippen LogP contribution in [0.1, 0.15) is 21.6 Å². The van der Waals surface area contributed by atoms with Gasteiger partial charge in [0.2, 0.25) is 0 Å². The first kappa shape index (κ1) is 20.1. The lowest BCUT2D eigenvalue weighted by Crippen LogP contribution is -2.17. The summed E-state index contributed by atoms with van der Waals surface area (Å²) in [5.74, 6) is -0.247. The van der Waals surface area contributed by atoms with E-state index in [9.17, 15) is 4.79 Å². The minimum atomic E-state index is -0.247. The van der Waals surface area contributed by atoms with Crippen LogP contribution < -0.4 is 5.43 Å². The van der Waals surface area contributed by atoms with Crippen LogP contribution in [0.4, 0.5) is 0 Å². The van der Waals surface area contributed by atoms with Crippen LogP contribution in [0, 0.1) is 6.92 Å². The van der Waals surface area contributed by atoms with E-state index in [4.69, 9.17) is 0 Å². The minimum absolute atomic E-state index is 0.247. The van der Waals surface area contributed by atoms with E-state index in [1.807, 2.05) is 78.9 Å². The van der Waals surface area contributed by atoms with Crippen LogP contribution in [0.2, 0.25) is 0 Å². The molecule has 0 radical (unpaired) electrons. The monoisotopic (exact) mass is 405 g/mol. The quantitative estimate of drug-likeness (QED) is 0.316. The molecule has 1 N–H and O–H groups in total. The smallest absolute Gasteiger partial charge is 0.271 e. The third-order valence-corrected chi connectivity index (χ3v) is 4.95. The van der Waals surface area contributed by atoms with Crippen molar-refractivity contribution in [3.8, 4) is 16.9 Å². The van der Waals surface area contributed by atoms with E-state index in [1.165, 1.54) is 0 Å². The second kappa shape index (κ2) is 9.55. The highest BCUT2D eigenvalue weighted by Crippen LogP contribution is 2.26. The van der Waals surface area contributed by atoms with Crippen molar-refractivity contribution in [1.29, 1.82) is 0 Å². The number of nitrogens with one attached hydrogen (secondary N) is 1. The van der Waals surface area contributed by atoms with Gasteiger partial charge in [-0.1, -0.05) is 66.7 Å². The number of aryl methyl sites for hydroxylation is 1. The Kier molecular flexibility index (Phi) is 6.19. The number of aromatic nitrogens is 1. The fourth-order valence-corrected chi connectivity index (χ4v) is 3.40. The zero-order valence-corrected chi connectivity index (χ0v) is 17.3. The fourth-order valence-electron chi connectivity index (χ4n) is 3.40. The third-order valence-electron chi connectivity index (χ3n) is 4.95. The molecule has 152 valence electrons. The summed E-state index contributed by atoms with van der Waals surface area (Å²) in [6.07, 6.45) is 5.28. The Hall–Kier alpha value is -4.18. The zero-order chi connectivity index (χ0) is 21.5. The number of hydrogen-bond donors (Lipinski definition) is 1. The van der Waals surface area contributed by atoms with Crippen LogP contribution in [0.15, 0.2) is 108 Å². The number of allylic oxidation sites excluding steroid dienone is 1. The van der Waals surface area contributed by atoms with Gasteiger partial charge in [0.25, 0.3) is 5.91 Å². The summed E-state index contributed by atoms with van der Waals surface area (Å²) in [5.41, 5.74) is 8.59. The molecular formula is C27H23N3O. The maximum atomic E-state index is 12.4. The highest BCUT2D eigenvalue weighted by atomic mass is 16.2. The molecule has 0 aliphatic carbocycles. The van der Waals surface area contributed by atoms with Gasteiger partial charge in [0.05, 0.1) is 5.69 Å². The number of hydrazone groups is 1. The van der Waals surface area contributed by atoms with Crippen LogP contribution in [0.3, 0.4) is 0 Å². The Bertz CT molecular complexity index is 1200. The van der Waals surface area contributed by atoms with Crippen molar-refractivity contribution < 1.29 is 4.79 Å². The second-order valence-corrected chi connectivity index (χ2v) is 7.10. The van der Waals surface area contributed by atoms with E-state index in [2.05, 4.69) is 46.3 Å². The van der Waals surface area contributed by atoms with Crippen molar-refractivity contribution in [2.24, 2.45) is 5.10 Å². The van der Waals surface area contributed by atoms with Crippen LogP contribution in [0.5, 0.6) is 0 Å². The summed E-state index contributed by atoms with van der Waals surface area (Å²) in [6, 6.07) is 31.9. The summed E-state index contributed by atoms with van der Waals surface area (Å²) in [6.45, 7) is 2.07. The van der Waals surface area contributed by atoms with E-state index in [0.29, 0.717) is 5.56 Å². The van der Waals surface area contributed by atoms with E-state index in [-0.39, 0.29) is 5.91 Å². The molecule has 4 rings (SSSR count). The molecule has 0 aliphatic heterocycles. The largest absolute Gasteiger partial charge is 0.314 e. The predicted molar refractivity (Wildman–Crippen MR) is 127 cm³/mol. The summed E-state index contributed by atoms with van der Waals surface area (Å²) in [7, 11) is 0. The van der Waals surface area contributed by atoms with Crippen LogP contribution >= 0.6 is 0 Å². The topological polar surface area (TPSA) is 46.4 Å². The van der Waals surface area contributed by atoms with Gasteiger partial charge in [-0.15, -0.1) is 0 Å². The molecule has 1 heterocycles. The van der Waals surface area contributed by atoms with Crippen molar-refractivity contribution in [2.75, 3.05) is 0 Å². The first-order chi connectivity index (χ1) is 15.2. The molecule has 0 fully saturated rings. The molecule has 4 heteroatoms. The standard InChI is InChI=1S/C27H23N3O/c1-21-14-19-26(23-12-6-3-7-13-23)30(21)25-17-15-24(16-18-25)27(31)29-28-20-8-11-22-9-4-2-5-10-22/h2-20H,1H3,(H,29,31)/b11-8-,28-20?. The van der Waals surface area contributed by atoms with Gasteiger partial charge in [0.1, 0.15) is 0 Å². The van der Waals surface area contributed by atoms with Crippen molar-refractivity contribution >= 4 is 18.2 Å². The SMILES string of the molecule is Cc1ccc(-c2ccccc2)n1-c1ccc(C(=O)NN=C/C=C\c2ccccc2)cc1. The average molecular weight is 406 g/mol. The fraction of sp³-hybridized carbons (Fsp3) is 0.0370. The number of hydrogen-bond acceptors (Lipinski definition) is 2. The number of rotatable bonds is 6. The van der Waals surface area contributed by atoms with Gasteiger partial charge in [-0.3, -0.25) is 4.79 Å². The summed E-state index contributed by atoms with van der Waals surface area (Å²) in [5, 5.41) is 3.99. The Morgan fingerprint density at radius 2 is 1.52 bits per heavy atom. The molecule has 0 unspecified atom stereocenters. The maximum absolute atomic E-state index is 12.4. The van der Waals surface area contributed by atoms with Crippen molar-refractivity contribution in [2.45, 2.75) is 6.92 Å². The number of benzene rings is 3. The van der Waals surface area contributed by atoms with Crippen LogP contribution in [0.25, 0.3) is 23.0 Å². The van der Waals surface area contributed by atoms with E-state index in [1.54, 1.807) is 12.3 Å². The molecule has 1 aromatic heterocycles. The molecular weight excluding hydrogens is 382 g/mol. The molecule has 4 aromatic rings. The summed E-state index contributed by atoms with van der Waals surface area (Å²) < 4.78 is 2.18. The lowest BCUT2D eigenvalue weighted by molar-refractivity contribution is 0.0955. The Morgan fingerprint density at radius 1 is 0.839 bits per heavy atom. The van der Waals surface area contributed by atoms with Crippen LogP contribution in [-0.4, -0.2) is 16.7 Å². The highest BCUT2D eigenvalue weighted by molar-refractivity contribution is 5.95. The normalized spacial score (nSPS) is 11.3. The van der Waals surface area contributed by atoms with Gasteiger partial charge in [0, 0.05) is 23.2 Å². The summed E-state index contributed by atoms with van der Waals surface area (Å²) in [4.78, 5) is 12.4. The molecule has 0 spiro atoms. The van der Waals surface area contributed by atoms with Gasteiger partial charge >= 0.3 is 0 Å². The summed E-state index contributed by atoms with van der Waals surface area (Å²) >= 11 is 0. The predicted octanol–water partition coefficient (Wildman–Crippen LogP) is 5.88. The molecule has 4 nitrogen and oxygen atoms in total. The Morgan fingerprint density at radius 3 is 2.23 bits per heavy atom. The number of carbonyl (C=O) groups is 1. The molecule has 0 saturated heterocycles. The lowest BCUT2D eigenvalue weighted by atomic mass is 10.1. The van der Waals surface area contributed by atoms with Gasteiger partial charge < -0.3 is 4.57 Å². The molecule has 3 aromatic carbocycles. The average Bonchev–Trinajstić information content (AvgIpc) is 3.21. The Balaban J connectivity index is 1.44. The number of amides is 1. The number of nitrogens with zero attached hydrogens (tertiary/aromatic N) is 2. The highest BCUT2D eigenvalue weighted by Gasteiger charge is 2.10. The molecule has 0 atom stereocenters. The van der Waals surface area contributed by atoms with Crippen molar-refractivity contribution in [1.82, 2.24) is 9.99 Å². The van der Waals surface area contributed by atoms with Gasteiger partial charge in [-0.05, 0) is 60.5 Å². The van der Waals surface area contributed by atoms with Crippen LogP contribution in [-0.2, 0) is 0 Å². The maximum Gasteiger partial charge on any atom is 0.271 e. The first-order valence-corrected chi connectivity index (χ1v) is 10.1. The van der Waals surface area contributed by atoms with E-state index < -0.39 is 0 Å². The molecule has 0 aliphatic rings. The van der Waals surface area contributed by atoms with E-state index >= 15 is 0 Å². The molecule has 0 bridgehead atoms. The van der Waals surface area contributed by atoms with E-state index in [0.717, 1.165) is 28.2 Å². The minimum Gasteiger partial charge on any atom is -0.314 e. The second-order valence-electron chi connectivity index (χ2n) is 7.10. The number of carbonyl (C=O) groups excluding carboxylic acids is 1. The molecule has 1 amide bonds. The first-order valence-electron chi connectivity index (χ1n) is 10.1. The van der Waals surface area contributed by atoms with Gasteiger partial charge in [-0.2, -0.15) is 5.10 Å². The molecule has 0 saturated carbocycles. The van der Waals surface area contributed by atoms with Crippen molar-refractivity contribution in [3.63, 3.8) is 0 Å². The van der Waals surface area contributed by atoms with Crippen molar-refractivity contribution in [3.05, 3.63) is 120 Å². The zero-order valence-electron chi connectivity index (χ0n) is 17.3. The molecule has 31 heavy (non-hydrogen) atoms. The lowest BCUT2D eigenvalue weighted by Gasteiger charge is -2.12. The third kappa shape index (κ3) is 4.87. The Labute approximate surface area is 182 Å². The van der Waals surface area contributed by atoms with Gasteiger partial charge in [0.15, 0.2) is 0 Å². The van der Waals surface area contributed by atoms with Gasteiger partial charge in [-0.25, -0.2) is 5.43 Å².